The lowest BCUT2D eigenvalue weighted by atomic mass is 10.0. The average molecular weight is 169 g/mol. The van der Waals surface area contributed by atoms with Gasteiger partial charge in [-0.15, -0.1) is 4.91 Å². The first-order chi connectivity index (χ1) is 5.86. The maximum atomic E-state index is 10.1. The molecule has 1 aliphatic carbocycles. The van der Waals surface area contributed by atoms with Crippen molar-refractivity contribution >= 4 is 0 Å². The largest absolute Gasteiger partial charge is 0.378 e. The zero-order valence-electron chi connectivity index (χ0n) is 7.45. The molecule has 68 valence electrons. The van der Waals surface area contributed by atoms with Gasteiger partial charge in [0.1, 0.15) is 0 Å². The molecule has 0 spiro atoms. The molecule has 0 aromatic rings. The molecule has 1 rings (SSSR count). The van der Waals surface area contributed by atoms with Crippen LogP contribution in [0.1, 0.15) is 32.6 Å². The lowest BCUT2D eigenvalue weighted by Gasteiger charge is -2.19. The van der Waals surface area contributed by atoms with Crippen molar-refractivity contribution in [2.24, 2.45) is 5.18 Å². The normalized spacial score (nSPS) is 23.4. The van der Waals surface area contributed by atoms with Gasteiger partial charge in [-0.25, -0.2) is 0 Å². The Morgan fingerprint density at radius 2 is 2.58 bits per heavy atom. The van der Waals surface area contributed by atoms with Gasteiger partial charge in [-0.3, -0.25) is 0 Å². The molecule has 0 saturated heterocycles. The molecule has 0 amide bonds. The molecular weight excluding hydrogens is 154 g/mol. The number of nitrogens with zero attached hydrogens (tertiary/aromatic N) is 1. The van der Waals surface area contributed by atoms with E-state index < -0.39 is 0 Å². The maximum absolute atomic E-state index is 10.1. The molecule has 1 aliphatic rings. The van der Waals surface area contributed by atoms with Crippen LogP contribution in [0.3, 0.4) is 0 Å². The Morgan fingerprint density at radius 1 is 1.75 bits per heavy atom. The number of ether oxygens (including phenoxy) is 1. The van der Waals surface area contributed by atoms with Crippen LogP contribution >= 0.6 is 0 Å². The lowest BCUT2D eigenvalue weighted by Crippen LogP contribution is -2.15. The molecule has 0 radical (unpaired) electrons. The van der Waals surface area contributed by atoms with Gasteiger partial charge < -0.3 is 4.74 Å². The minimum absolute atomic E-state index is 0.315. The first-order valence-corrected chi connectivity index (χ1v) is 4.50. The molecule has 3 nitrogen and oxygen atoms in total. The first kappa shape index (κ1) is 9.39. The predicted octanol–water partition coefficient (Wildman–Crippen LogP) is 2.62. The Labute approximate surface area is 72.8 Å². The highest BCUT2D eigenvalue weighted by Crippen LogP contribution is 2.20. The van der Waals surface area contributed by atoms with Crippen molar-refractivity contribution in [3.63, 3.8) is 0 Å². The van der Waals surface area contributed by atoms with Crippen molar-refractivity contribution in [1.82, 2.24) is 0 Å². The predicted molar refractivity (Wildman–Crippen MR) is 47.8 cm³/mol. The van der Waals surface area contributed by atoms with Gasteiger partial charge in [0.25, 0.3) is 0 Å². The summed E-state index contributed by atoms with van der Waals surface area (Å²) in [4.78, 5) is 10.1. The SMILES string of the molecule is CCCO[C@H]1CC=C(N=O)CC1. The first-order valence-electron chi connectivity index (χ1n) is 4.50. The number of hydrogen-bond donors (Lipinski definition) is 0. The molecule has 0 aromatic carbocycles. The van der Waals surface area contributed by atoms with Crippen molar-refractivity contribution in [3.05, 3.63) is 16.7 Å². The van der Waals surface area contributed by atoms with Crippen LogP contribution in [0.25, 0.3) is 0 Å². The zero-order valence-corrected chi connectivity index (χ0v) is 7.45. The minimum Gasteiger partial charge on any atom is -0.378 e. The molecule has 0 saturated carbocycles. The van der Waals surface area contributed by atoms with Crippen LogP contribution in [0, 0.1) is 4.91 Å². The van der Waals surface area contributed by atoms with Gasteiger partial charge in [-0.2, -0.15) is 0 Å². The van der Waals surface area contributed by atoms with E-state index in [1.807, 2.05) is 6.08 Å². The summed E-state index contributed by atoms with van der Waals surface area (Å²) in [7, 11) is 0. The van der Waals surface area contributed by atoms with E-state index in [0.717, 1.165) is 32.3 Å². The molecule has 0 aromatic heterocycles. The summed E-state index contributed by atoms with van der Waals surface area (Å²) < 4.78 is 5.54. The van der Waals surface area contributed by atoms with Crippen molar-refractivity contribution in [2.75, 3.05) is 6.61 Å². The minimum atomic E-state index is 0.315. The molecule has 0 aliphatic heterocycles. The number of nitroso groups, excluding NO2 is 1. The summed E-state index contributed by atoms with van der Waals surface area (Å²) in [6.07, 6.45) is 5.82. The van der Waals surface area contributed by atoms with E-state index in [2.05, 4.69) is 12.1 Å². The molecule has 0 fully saturated rings. The highest BCUT2D eigenvalue weighted by Gasteiger charge is 2.14. The van der Waals surface area contributed by atoms with Crippen molar-refractivity contribution in [1.29, 1.82) is 0 Å². The van der Waals surface area contributed by atoms with Gasteiger partial charge in [-0.1, -0.05) is 13.0 Å². The summed E-state index contributed by atoms with van der Waals surface area (Å²) >= 11 is 0. The van der Waals surface area contributed by atoms with E-state index >= 15 is 0 Å². The fourth-order valence-corrected chi connectivity index (χ4v) is 1.32. The fourth-order valence-electron chi connectivity index (χ4n) is 1.32. The third kappa shape index (κ3) is 2.74. The third-order valence-corrected chi connectivity index (χ3v) is 2.01. The molecular formula is C9H15NO2. The topological polar surface area (TPSA) is 38.7 Å². The van der Waals surface area contributed by atoms with Gasteiger partial charge >= 0.3 is 0 Å². The zero-order chi connectivity index (χ0) is 8.81. The molecule has 0 bridgehead atoms. The van der Waals surface area contributed by atoms with E-state index in [-0.39, 0.29) is 0 Å². The maximum Gasteiger partial charge on any atom is 0.0811 e. The van der Waals surface area contributed by atoms with Crippen molar-refractivity contribution in [3.8, 4) is 0 Å². The Bertz CT molecular complexity index is 177. The van der Waals surface area contributed by atoms with Crippen LogP contribution in [0.5, 0.6) is 0 Å². The number of rotatable bonds is 4. The average Bonchev–Trinajstić information content (AvgIpc) is 2.15. The monoisotopic (exact) mass is 169 g/mol. The molecule has 12 heavy (non-hydrogen) atoms. The lowest BCUT2D eigenvalue weighted by molar-refractivity contribution is 0.0469. The van der Waals surface area contributed by atoms with Crippen LogP contribution in [0.2, 0.25) is 0 Å². The second-order valence-corrected chi connectivity index (χ2v) is 3.05. The van der Waals surface area contributed by atoms with Crippen LogP contribution in [0.4, 0.5) is 0 Å². The molecule has 1 atom stereocenters. The third-order valence-electron chi connectivity index (χ3n) is 2.01. The Hall–Kier alpha value is -0.700. The second-order valence-electron chi connectivity index (χ2n) is 3.05. The summed E-state index contributed by atoms with van der Waals surface area (Å²) in [5, 5.41) is 2.92. The Morgan fingerprint density at radius 3 is 3.08 bits per heavy atom. The van der Waals surface area contributed by atoms with E-state index in [1.165, 1.54) is 0 Å². The molecule has 0 heterocycles. The fraction of sp³-hybridized carbons (Fsp3) is 0.778. The van der Waals surface area contributed by atoms with Crippen LogP contribution in [-0.4, -0.2) is 12.7 Å². The molecule has 3 heteroatoms. The van der Waals surface area contributed by atoms with Crippen LogP contribution in [-0.2, 0) is 4.74 Å². The smallest absolute Gasteiger partial charge is 0.0811 e. The van der Waals surface area contributed by atoms with Crippen molar-refractivity contribution in [2.45, 2.75) is 38.7 Å². The van der Waals surface area contributed by atoms with Gasteiger partial charge in [0.2, 0.25) is 0 Å². The van der Waals surface area contributed by atoms with Crippen LogP contribution < -0.4 is 0 Å². The van der Waals surface area contributed by atoms with Gasteiger partial charge in [0.05, 0.1) is 11.8 Å². The summed E-state index contributed by atoms with van der Waals surface area (Å²) in [5.41, 5.74) is 0.686. The van der Waals surface area contributed by atoms with Gasteiger partial charge in [0.15, 0.2) is 0 Å². The Kier molecular flexibility index (Phi) is 3.94. The highest BCUT2D eigenvalue weighted by atomic mass is 16.5. The quantitative estimate of drug-likeness (QED) is 0.607. The van der Waals surface area contributed by atoms with Crippen LogP contribution in [0.15, 0.2) is 16.9 Å². The summed E-state index contributed by atoms with van der Waals surface area (Å²) in [6, 6.07) is 0. The molecule has 0 unspecified atom stereocenters. The highest BCUT2D eigenvalue weighted by molar-refractivity contribution is 5.04. The van der Waals surface area contributed by atoms with E-state index in [1.54, 1.807) is 0 Å². The van der Waals surface area contributed by atoms with E-state index in [9.17, 15) is 4.91 Å². The summed E-state index contributed by atoms with van der Waals surface area (Å²) in [5.74, 6) is 0. The van der Waals surface area contributed by atoms with Crippen molar-refractivity contribution < 1.29 is 4.74 Å². The number of hydrogen-bond acceptors (Lipinski definition) is 3. The second kappa shape index (κ2) is 5.04. The standard InChI is InChI=1S/C9H15NO2/c1-2-7-12-9-5-3-8(10-11)4-6-9/h3,9H,2,4-7H2,1H3/t9-/m0/s1. The van der Waals surface area contributed by atoms with E-state index in [0.29, 0.717) is 11.8 Å². The summed E-state index contributed by atoms with van der Waals surface area (Å²) in [6.45, 7) is 2.92. The molecule has 0 N–H and O–H groups in total. The van der Waals surface area contributed by atoms with Gasteiger partial charge in [-0.05, 0) is 30.9 Å². The van der Waals surface area contributed by atoms with Gasteiger partial charge in [0, 0.05) is 6.61 Å². The van der Waals surface area contributed by atoms with E-state index in [4.69, 9.17) is 4.74 Å². The Balaban J connectivity index is 2.26. The number of allylic oxidation sites excluding steroid dienone is 1.